The van der Waals surface area contributed by atoms with E-state index in [0.717, 1.165) is 4.90 Å². The molecule has 21 heavy (non-hydrogen) atoms. The number of hydrogen-bond donors (Lipinski definition) is 1. The number of nitro groups is 1. The van der Waals surface area contributed by atoms with Crippen molar-refractivity contribution >= 4 is 23.4 Å². The van der Waals surface area contributed by atoms with Gasteiger partial charge in [-0.3, -0.25) is 10.1 Å². The second kappa shape index (κ2) is 7.68. The second-order valence-electron chi connectivity index (χ2n) is 4.51. The van der Waals surface area contributed by atoms with Crippen molar-refractivity contribution in [2.45, 2.75) is 25.9 Å². The van der Waals surface area contributed by atoms with Crippen LogP contribution in [0.3, 0.4) is 0 Å². The number of amides is 1. The molecule has 0 aliphatic rings. The van der Waals surface area contributed by atoms with Crippen molar-refractivity contribution in [2.75, 3.05) is 13.6 Å². The van der Waals surface area contributed by atoms with E-state index in [-0.39, 0.29) is 24.1 Å². The Bertz CT molecular complexity index is 523. The van der Waals surface area contributed by atoms with Crippen LogP contribution in [0.25, 0.3) is 0 Å². The van der Waals surface area contributed by atoms with Crippen molar-refractivity contribution in [3.63, 3.8) is 0 Å². The third-order valence-electron chi connectivity index (χ3n) is 2.98. The maximum Gasteiger partial charge on any atom is 0.407 e. The molecule has 1 rings (SSSR count). The number of nitrogens with zero attached hydrogens (tertiary/aromatic N) is 2. The van der Waals surface area contributed by atoms with Gasteiger partial charge in [-0.05, 0) is 12.5 Å². The van der Waals surface area contributed by atoms with Gasteiger partial charge < -0.3 is 14.7 Å². The van der Waals surface area contributed by atoms with Crippen molar-refractivity contribution in [3.8, 4) is 5.75 Å². The first-order valence-corrected chi connectivity index (χ1v) is 6.77. The molecular formula is C13H17ClN2O5. The van der Waals surface area contributed by atoms with E-state index in [2.05, 4.69) is 0 Å². The molecule has 8 heteroatoms. The molecule has 1 N–H and O–H groups in total. The Balaban J connectivity index is 2.79. The van der Waals surface area contributed by atoms with Crippen LogP contribution in [0, 0.1) is 10.1 Å². The summed E-state index contributed by atoms with van der Waals surface area (Å²) < 4.78 is 5.62. The molecule has 0 aliphatic carbocycles. The number of benzene rings is 1. The molecule has 0 radical (unpaired) electrons. The molecule has 0 bridgehead atoms. The number of ether oxygens (including phenoxy) is 1. The lowest BCUT2D eigenvalue weighted by Crippen LogP contribution is -2.29. The fourth-order valence-electron chi connectivity index (χ4n) is 1.69. The van der Waals surface area contributed by atoms with Crippen molar-refractivity contribution < 1.29 is 19.6 Å². The molecule has 0 aromatic heterocycles. The van der Waals surface area contributed by atoms with Gasteiger partial charge >= 0.3 is 11.8 Å². The maximum absolute atomic E-state index is 11.0. The fourth-order valence-corrected chi connectivity index (χ4v) is 1.85. The van der Waals surface area contributed by atoms with Crippen LogP contribution in [0.2, 0.25) is 5.02 Å². The zero-order valence-electron chi connectivity index (χ0n) is 11.8. The highest BCUT2D eigenvalue weighted by Gasteiger charge is 2.19. The van der Waals surface area contributed by atoms with Gasteiger partial charge in [-0.25, -0.2) is 4.79 Å². The van der Waals surface area contributed by atoms with Gasteiger partial charge in [0.15, 0.2) is 5.75 Å². The summed E-state index contributed by atoms with van der Waals surface area (Å²) in [7, 11) is 1.46. The highest BCUT2D eigenvalue weighted by molar-refractivity contribution is 6.30. The molecule has 1 amide bonds. The van der Waals surface area contributed by atoms with Gasteiger partial charge in [0.1, 0.15) is 6.10 Å². The Morgan fingerprint density at radius 2 is 2.24 bits per heavy atom. The highest BCUT2D eigenvalue weighted by Crippen LogP contribution is 2.31. The SMILES string of the molecule is CCC(CCN(C)C(=O)O)Oc1cc(Cl)ccc1[N+](=O)[O-]. The Hall–Kier alpha value is -2.02. The van der Waals surface area contributed by atoms with E-state index in [4.69, 9.17) is 21.4 Å². The molecule has 0 spiro atoms. The standard InChI is InChI=1S/C13H17ClN2O5/c1-3-10(6-7-15(2)13(17)18)21-12-8-9(14)4-5-11(12)16(19)20/h4-5,8,10H,3,6-7H2,1-2H3,(H,17,18). The van der Waals surface area contributed by atoms with E-state index in [1.54, 1.807) is 0 Å². The van der Waals surface area contributed by atoms with Gasteiger partial charge in [0.05, 0.1) is 4.92 Å². The largest absolute Gasteiger partial charge is 0.483 e. The van der Waals surface area contributed by atoms with Crippen LogP contribution in [-0.4, -0.2) is 40.7 Å². The summed E-state index contributed by atoms with van der Waals surface area (Å²) in [6, 6.07) is 4.10. The minimum atomic E-state index is -1.03. The first-order chi connectivity index (χ1) is 9.85. The summed E-state index contributed by atoms with van der Waals surface area (Å²) >= 11 is 5.83. The first kappa shape index (κ1) is 17.0. The van der Waals surface area contributed by atoms with Crippen LogP contribution in [0.1, 0.15) is 19.8 Å². The molecule has 0 fully saturated rings. The molecule has 0 saturated heterocycles. The molecule has 0 saturated carbocycles. The lowest BCUT2D eigenvalue weighted by Gasteiger charge is -2.20. The minimum Gasteiger partial charge on any atom is -0.483 e. The smallest absolute Gasteiger partial charge is 0.407 e. The van der Waals surface area contributed by atoms with Gasteiger partial charge in [0.2, 0.25) is 0 Å². The molecule has 1 aromatic rings. The molecule has 1 atom stereocenters. The van der Waals surface area contributed by atoms with Crippen molar-refractivity contribution in [2.24, 2.45) is 0 Å². The first-order valence-electron chi connectivity index (χ1n) is 6.39. The summed E-state index contributed by atoms with van der Waals surface area (Å²) in [5.74, 6) is 0.0947. The monoisotopic (exact) mass is 316 g/mol. The van der Waals surface area contributed by atoms with E-state index in [1.165, 1.54) is 25.2 Å². The third kappa shape index (κ3) is 5.11. The highest BCUT2D eigenvalue weighted by atomic mass is 35.5. The summed E-state index contributed by atoms with van der Waals surface area (Å²) in [6.45, 7) is 2.14. The second-order valence-corrected chi connectivity index (χ2v) is 4.95. The Morgan fingerprint density at radius 1 is 1.57 bits per heavy atom. The number of nitro benzene ring substituents is 1. The zero-order chi connectivity index (χ0) is 16.0. The topological polar surface area (TPSA) is 92.9 Å². The average molecular weight is 317 g/mol. The van der Waals surface area contributed by atoms with E-state index in [1.807, 2.05) is 6.92 Å². The van der Waals surface area contributed by atoms with Crippen LogP contribution in [0.5, 0.6) is 5.75 Å². The molecule has 1 aromatic carbocycles. The zero-order valence-corrected chi connectivity index (χ0v) is 12.5. The average Bonchev–Trinajstić information content (AvgIpc) is 2.42. The number of hydrogen-bond acceptors (Lipinski definition) is 4. The summed E-state index contributed by atoms with van der Waals surface area (Å²) in [5.41, 5.74) is -0.163. The molecule has 116 valence electrons. The predicted octanol–water partition coefficient (Wildman–Crippen LogP) is 3.41. The summed E-state index contributed by atoms with van der Waals surface area (Å²) in [6.07, 6.45) is -0.331. The normalized spacial score (nSPS) is 11.8. The Labute approximate surface area is 127 Å². The Morgan fingerprint density at radius 3 is 2.76 bits per heavy atom. The lowest BCUT2D eigenvalue weighted by molar-refractivity contribution is -0.386. The molecule has 0 heterocycles. The predicted molar refractivity (Wildman–Crippen MR) is 78.1 cm³/mol. The van der Waals surface area contributed by atoms with Gasteiger partial charge in [0.25, 0.3) is 0 Å². The van der Waals surface area contributed by atoms with Gasteiger partial charge in [0, 0.05) is 37.2 Å². The summed E-state index contributed by atoms with van der Waals surface area (Å²) in [4.78, 5) is 22.3. The van der Waals surface area contributed by atoms with Crippen LogP contribution >= 0.6 is 11.6 Å². The molecular weight excluding hydrogens is 300 g/mol. The fraction of sp³-hybridized carbons (Fsp3) is 0.462. The molecule has 7 nitrogen and oxygen atoms in total. The number of carboxylic acid groups (broad SMARTS) is 1. The van der Waals surface area contributed by atoms with Crippen LogP contribution in [-0.2, 0) is 0 Å². The number of rotatable bonds is 7. The summed E-state index contributed by atoms with van der Waals surface area (Å²) in [5, 5.41) is 20.1. The van der Waals surface area contributed by atoms with E-state index < -0.39 is 11.0 Å². The van der Waals surface area contributed by atoms with Crippen LogP contribution in [0.15, 0.2) is 18.2 Å². The third-order valence-corrected chi connectivity index (χ3v) is 3.22. The maximum atomic E-state index is 11.0. The van der Waals surface area contributed by atoms with Gasteiger partial charge in [-0.15, -0.1) is 0 Å². The lowest BCUT2D eigenvalue weighted by atomic mass is 10.2. The van der Waals surface area contributed by atoms with Crippen molar-refractivity contribution in [1.29, 1.82) is 0 Å². The molecule has 1 unspecified atom stereocenters. The van der Waals surface area contributed by atoms with E-state index in [0.29, 0.717) is 17.9 Å². The quantitative estimate of drug-likeness (QED) is 0.614. The van der Waals surface area contributed by atoms with Crippen LogP contribution < -0.4 is 4.74 Å². The van der Waals surface area contributed by atoms with Crippen molar-refractivity contribution in [1.82, 2.24) is 4.90 Å². The number of carbonyl (C=O) groups is 1. The van der Waals surface area contributed by atoms with Gasteiger partial charge in [-0.2, -0.15) is 0 Å². The molecule has 0 aliphatic heterocycles. The van der Waals surface area contributed by atoms with E-state index in [9.17, 15) is 14.9 Å². The van der Waals surface area contributed by atoms with Crippen LogP contribution in [0.4, 0.5) is 10.5 Å². The Kier molecular flexibility index (Phi) is 6.23. The minimum absolute atomic E-state index is 0.0947. The van der Waals surface area contributed by atoms with E-state index >= 15 is 0 Å². The van der Waals surface area contributed by atoms with Gasteiger partial charge in [-0.1, -0.05) is 18.5 Å². The number of halogens is 1. The van der Waals surface area contributed by atoms with Crippen molar-refractivity contribution in [3.05, 3.63) is 33.3 Å².